The van der Waals surface area contributed by atoms with Gasteiger partial charge in [0.1, 0.15) is 0 Å². The molecule has 134 valence electrons. The summed E-state index contributed by atoms with van der Waals surface area (Å²) < 4.78 is 0. The highest BCUT2D eigenvalue weighted by atomic mass is 32.1. The number of carboxylic acids is 1. The van der Waals surface area contributed by atoms with Crippen LogP contribution in [0, 0.1) is 5.92 Å². The van der Waals surface area contributed by atoms with Gasteiger partial charge in [-0.05, 0) is 17.4 Å². The van der Waals surface area contributed by atoms with Gasteiger partial charge in [-0.3, -0.25) is 9.78 Å². The van der Waals surface area contributed by atoms with Crippen molar-refractivity contribution in [2.24, 2.45) is 5.92 Å². The van der Waals surface area contributed by atoms with Crippen LogP contribution in [0.15, 0.2) is 42.0 Å². The van der Waals surface area contributed by atoms with Gasteiger partial charge in [0.15, 0.2) is 5.69 Å². The summed E-state index contributed by atoms with van der Waals surface area (Å²) in [5.41, 5.74) is 1.10. The number of fused-ring (bicyclic) bond motifs is 1. The summed E-state index contributed by atoms with van der Waals surface area (Å²) in [7, 11) is 0. The van der Waals surface area contributed by atoms with Crippen LogP contribution in [-0.2, 0) is 17.6 Å². The number of benzene rings is 1. The highest BCUT2D eigenvalue weighted by Gasteiger charge is 2.15. The van der Waals surface area contributed by atoms with Gasteiger partial charge in [0.25, 0.3) is 0 Å². The fraction of sp³-hybridized carbons (Fsp3) is 0.263. The average molecular weight is 369 g/mol. The number of hydrogen-bond acceptors (Lipinski definition) is 5. The Morgan fingerprint density at radius 3 is 2.85 bits per heavy atom. The first kappa shape index (κ1) is 18.0. The van der Waals surface area contributed by atoms with Gasteiger partial charge in [-0.25, -0.2) is 9.78 Å². The molecule has 0 saturated heterocycles. The lowest BCUT2D eigenvalue weighted by atomic mass is 9.97. The Morgan fingerprint density at radius 1 is 1.27 bits per heavy atom. The second-order valence-electron chi connectivity index (χ2n) is 6.10. The minimum Gasteiger partial charge on any atom is -0.476 e. The van der Waals surface area contributed by atoms with E-state index in [2.05, 4.69) is 15.3 Å². The van der Waals surface area contributed by atoms with E-state index < -0.39 is 5.97 Å². The molecule has 2 heterocycles. The molecule has 0 spiro atoms. The maximum absolute atomic E-state index is 12.3. The fourth-order valence-electron chi connectivity index (χ4n) is 2.76. The van der Waals surface area contributed by atoms with Crippen molar-refractivity contribution in [1.29, 1.82) is 0 Å². The molecule has 1 amide bonds. The summed E-state index contributed by atoms with van der Waals surface area (Å²) in [5.74, 6) is -1.25. The highest BCUT2D eigenvalue weighted by Crippen LogP contribution is 2.20. The SMILES string of the molecule is CC(Cc1cncc2ccccc12)C(=O)NCCc1nc(C(=O)O)cs1. The molecule has 0 aliphatic carbocycles. The van der Waals surface area contributed by atoms with Gasteiger partial charge >= 0.3 is 5.97 Å². The van der Waals surface area contributed by atoms with Crippen molar-refractivity contribution >= 4 is 34.0 Å². The number of nitrogens with zero attached hydrogens (tertiary/aromatic N) is 2. The molecule has 1 aromatic carbocycles. The van der Waals surface area contributed by atoms with Crippen molar-refractivity contribution in [2.45, 2.75) is 19.8 Å². The molecule has 2 aromatic heterocycles. The number of thiazole rings is 1. The predicted octanol–water partition coefficient (Wildman–Crippen LogP) is 2.93. The minimum atomic E-state index is -1.03. The van der Waals surface area contributed by atoms with Crippen LogP contribution in [0.1, 0.15) is 28.0 Å². The number of nitrogens with one attached hydrogen (secondary N) is 1. The Kier molecular flexibility index (Phi) is 5.58. The summed E-state index contributed by atoms with van der Waals surface area (Å²) in [6.45, 7) is 2.33. The average Bonchev–Trinajstić information content (AvgIpc) is 3.11. The van der Waals surface area contributed by atoms with Gasteiger partial charge in [0.05, 0.1) is 5.01 Å². The largest absolute Gasteiger partial charge is 0.476 e. The molecule has 6 nitrogen and oxygen atoms in total. The van der Waals surface area contributed by atoms with Crippen LogP contribution in [0.2, 0.25) is 0 Å². The number of aromatic carboxylic acids is 1. The molecule has 0 radical (unpaired) electrons. The molecule has 3 aromatic rings. The molecule has 0 fully saturated rings. The Morgan fingerprint density at radius 2 is 2.08 bits per heavy atom. The van der Waals surface area contributed by atoms with E-state index in [1.165, 1.54) is 16.7 Å². The summed E-state index contributed by atoms with van der Waals surface area (Å²) in [5, 5.41) is 16.2. The number of rotatable bonds is 7. The number of pyridine rings is 1. The molecular formula is C19H19N3O3S. The lowest BCUT2D eigenvalue weighted by Gasteiger charge is -2.13. The molecule has 7 heteroatoms. The van der Waals surface area contributed by atoms with Crippen molar-refractivity contribution in [1.82, 2.24) is 15.3 Å². The van der Waals surface area contributed by atoms with Crippen molar-refractivity contribution < 1.29 is 14.7 Å². The maximum atomic E-state index is 12.3. The maximum Gasteiger partial charge on any atom is 0.355 e. The topological polar surface area (TPSA) is 92.2 Å². The molecule has 0 bridgehead atoms. The number of carboxylic acid groups (broad SMARTS) is 1. The number of carbonyl (C=O) groups excluding carboxylic acids is 1. The standard InChI is InChI=1S/C19H19N3O3S/c1-12(8-14-10-20-9-13-4-2-3-5-15(13)14)18(23)21-7-6-17-22-16(11-26-17)19(24)25/h2-5,9-12H,6-8H2,1H3,(H,21,23)(H,24,25). The van der Waals surface area contributed by atoms with Crippen LogP contribution in [0.5, 0.6) is 0 Å². The van der Waals surface area contributed by atoms with E-state index in [1.807, 2.05) is 43.6 Å². The molecule has 0 aliphatic rings. The molecule has 0 saturated carbocycles. The smallest absolute Gasteiger partial charge is 0.355 e. The molecule has 1 atom stereocenters. The van der Waals surface area contributed by atoms with Gasteiger partial charge < -0.3 is 10.4 Å². The van der Waals surface area contributed by atoms with E-state index in [9.17, 15) is 9.59 Å². The molecule has 2 N–H and O–H groups in total. The summed E-state index contributed by atoms with van der Waals surface area (Å²) >= 11 is 1.29. The third-order valence-electron chi connectivity index (χ3n) is 4.13. The molecular weight excluding hydrogens is 350 g/mol. The summed E-state index contributed by atoms with van der Waals surface area (Å²) in [6.07, 6.45) is 4.77. The van der Waals surface area contributed by atoms with Gasteiger partial charge in [0, 0.05) is 42.0 Å². The number of carbonyl (C=O) groups is 2. The Hall–Kier alpha value is -2.80. The van der Waals surface area contributed by atoms with Crippen molar-refractivity contribution in [3.63, 3.8) is 0 Å². The zero-order chi connectivity index (χ0) is 18.5. The number of hydrogen-bond donors (Lipinski definition) is 2. The van der Waals surface area contributed by atoms with Crippen molar-refractivity contribution in [3.05, 3.63) is 58.3 Å². The Labute approximate surface area is 154 Å². The number of aromatic nitrogens is 2. The zero-order valence-corrected chi connectivity index (χ0v) is 15.1. The van der Waals surface area contributed by atoms with E-state index in [0.29, 0.717) is 24.4 Å². The van der Waals surface area contributed by atoms with Crippen LogP contribution in [0.4, 0.5) is 0 Å². The second kappa shape index (κ2) is 8.05. The van der Waals surface area contributed by atoms with Gasteiger partial charge in [-0.15, -0.1) is 11.3 Å². The third-order valence-corrected chi connectivity index (χ3v) is 5.04. The van der Waals surface area contributed by atoms with Crippen molar-refractivity contribution in [3.8, 4) is 0 Å². The summed E-state index contributed by atoms with van der Waals surface area (Å²) in [4.78, 5) is 31.4. The first-order valence-electron chi connectivity index (χ1n) is 8.31. The van der Waals surface area contributed by atoms with Crippen LogP contribution in [0.3, 0.4) is 0 Å². The molecule has 0 aliphatic heterocycles. The van der Waals surface area contributed by atoms with Gasteiger partial charge in [-0.2, -0.15) is 0 Å². The molecule has 3 rings (SSSR count). The molecule has 26 heavy (non-hydrogen) atoms. The quantitative estimate of drug-likeness (QED) is 0.668. The predicted molar refractivity (Wildman–Crippen MR) is 100 cm³/mol. The van der Waals surface area contributed by atoms with Crippen LogP contribution in [-0.4, -0.2) is 33.5 Å². The number of amides is 1. The zero-order valence-electron chi connectivity index (χ0n) is 14.3. The van der Waals surface area contributed by atoms with E-state index in [4.69, 9.17) is 5.11 Å². The summed E-state index contributed by atoms with van der Waals surface area (Å²) in [6, 6.07) is 8.00. The monoisotopic (exact) mass is 369 g/mol. The lowest BCUT2D eigenvalue weighted by molar-refractivity contribution is -0.124. The normalized spacial score (nSPS) is 12.0. The van der Waals surface area contributed by atoms with E-state index in [1.54, 1.807) is 0 Å². The third kappa shape index (κ3) is 4.23. The highest BCUT2D eigenvalue weighted by molar-refractivity contribution is 7.09. The first-order valence-corrected chi connectivity index (χ1v) is 9.19. The van der Waals surface area contributed by atoms with E-state index in [0.717, 1.165) is 16.3 Å². The van der Waals surface area contributed by atoms with Gasteiger partial charge in [-0.1, -0.05) is 31.2 Å². The first-order chi connectivity index (χ1) is 12.5. The van der Waals surface area contributed by atoms with Crippen LogP contribution in [0.25, 0.3) is 10.8 Å². The van der Waals surface area contributed by atoms with Crippen LogP contribution < -0.4 is 5.32 Å². The van der Waals surface area contributed by atoms with E-state index in [-0.39, 0.29) is 17.5 Å². The van der Waals surface area contributed by atoms with Gasteiger partial charge in [0.2, 0.25) is 5.91 Å². The Bertz CT molecular complexity index is 933. The van der Waals surface area contributed by atoms with E-state index >= 15 is 0 Å². The fourth-order valence-corrected chi connectivity index (χ4v) is 3.53. The Balaban J connectivity index is 1.55. The lowest BCUT2D eigenvalue weighted by Crippen LogP contribution is -2.32. The molecule has 1 unspecified atom stereocenters. The van der Waals surface area contributed by atoms with Crippen LogP contribution >= 0.6 is 11.3 Å². The minimum absolute atomic E-state index is 0.0343. The van der Waals surface area contributed by atoms with Crippen molar-refractivity contribution in [2.75, 3.05) is 6.54 Å². The second-order valence-corrected chi connectivity index (χ2v) is 7.04.